The summed E-state index contributed by atoms with van der Waals surface area (Å²) < 4.78 is 10.8. The van der Waals surface area contributed by atoms with Crippen molar-refractivity contribution in [3.8, 4) is 11.5 Å². The van der Waals surface area contributed by atoms with Gasteiger partial charge in [0.25, 0.3) is 0 Å². The normalized spacial score (nSPS) is 10.1. The van der Waals surface area contributed by atoms with Crippen LogP contribution in [-0.4, -0.2) is 19.7 Å². The summed E-state index contributed by atoms with van der Waals surface area (Å²) in [6.07, 6.45) is 0. The van der Waals surface area contributed by atoms with Crippen LogP contribution in [0.2, 0.25) is 0 Å². The molecule has 0 bridgehead atoms. The van der Waals surface area contributed by atoms with E-state index in [9.17, 15) is 4.79 Å². The SMILES string of the molecule is COc1cc(NC(N)=O)ccc1OCC(C)C. The van der Waals surface area contributed by atoms with Gasteiger partial charge in [-0.2, -0.15) is 0 Å². The number of primary amides is 1. The van der Waals surface area contributed by atoms with Gasteiger partial charge in [-0.1, -0.05) is 13.8 Å². The van der Waals surface area contributed by atoms with Crippen molar-refractivity contribution in [3.05, 3.63) is 18.2 Å². The van der Waals surface area contributed by atoms with E-state index < -0.39 is 6.03 Å². The number of benzene rings is 1. The lowest BCUT2D eigenvalue weighted by Crippen LogP contribution is -2.19. The number of methoxy groups -OCH3 is 1. The highest BCUT2D eigenvalue weighted by Gasteiger charge is 2.07. The molecule has 0 unspecified atom stereocenters. The van der Waals surface area contributed by atoms with Gasteiger partial charge in [-0.3, -0.25) is 0 Å². The van der Waals surface area contributed by atoms with Crippen molar-refractivity contribution in [3.63, 3.8) is 0 Å². The number of hydrogen-bond donors (Lipinski definition) is 2. The zero-order valence-corrected chi connectivity index (χ0v) is 10.3. The third-order valence-electron chi connectivity index (χ3n) is 2.00. The molecule has 0 aliphatic carbocycles. The highest BCUT2D eigenvalue weighted by molar-refractivity contribution is 5.88. The molecule has 0 atom stereocenters. The van der Waals surface area contributed by atoms with Gasteiger partial charge in [-0.15, -0.1) is 0 Å². The Hall–Kier alpha value is -1.91. The highest BCUT2D eigenvalue weighted by atomic mass is 16.5. The molecule has 5 nitrogen and oxygen atoms in total. The second-order valence-electron chi connectivity index (χ2n) is 4.06. The number of carbonyl (C=O) groups is 1. The second-order valence-corrected chi connectivity index (χ2v) is 4.06. The van der Waals surface area contributed by atoms with Gasteiger partial charge in [-0.25, -0.2) is 4.79 Å². The molecule has 0 fully saturated rings. The molecule has 1 aromatic rings. The highest BCUT2D eigenvalue weighted by Crippen LogP contribution is 2.30. The number of nitrogens with one attached hydrogen (secondary N) is 1. The molecule has 0 spiro atoms. The van der Waals surface area contributed by atoms with Crippen LogP contribution < -0.4 is 20.5 Å². The summed E-state index contributed by atoms with van der Waals surface area (Å²) in [5.74, 6) is 1.65. The van der Waals surface area contributed by atoms with Gasteiger partial charge >= 0.3 is 6.03 Å². The molecule has 17 heavy (non-hydrogen) atoms. The maximum absolute atomic E-state index is 10.7. The maximum atomic E-state index is 10.7. The Bertz CT molecular complexity index is 391. The average molecular weight is 238 g/mol. The largest absolute Gasteiger partial charge is 0.493 e. The number of anilines is 1. The van der Waals surface area contributed by atoms with Crippen molar-refractivity contribution in [2.24, 2.45) is 11.7 Å². The minimum Gasteiger partial charge on any atom is -0.493 e. The van der Waals surface area contributed by atoms with E-state index in [1.165, 1.54) is 0 Å². The van der Waals surface area contributed by atoms with E-state index >= 15 is 0 Å². The summed E-state index contributed by atoms with van der Waals surface area (Å²) in [5.41, 5.74) is 5.61. The number of ether oxygens (including phenoxy) is 2. The first-order valence-corrected chi connectivity index (χ1v) is 5.40. The van der Waals surface area contributed by atoms with Crippen LogP contribution in [0, 0.1) is 5.92 Å². The summed E-state index contributed by atoms with van der Waals surface area (Å²) in [6.45, 7) is 4.74. The van der Waals surface area contributed by atoms with Crippen LogP contribution >= 0.6 is 0 Å². The van der Waals surface area contributed by atoms with Crippen LogP contribution in [-0.2, 0) is 0 Å². The quantitative estimate of drug-likeness (QED) is 0.826. The Kier molecular flexibility index (Phi) is 4.63. The summed E-state index contributed by atoms with van der Waals surface area (Å²) >= 11 is 0. The fourth-order valence-corrected chi connectivity index (χ4v) is 1.26. The molecule has 2 amide bonds. The number of hydrogen-bond acceptors (Lipinski definition) is 3. The topological polar surface area (TPSA) is 73.6 Å². The van der Waals surface area contributed by atoms with E-state index in [0.29, 0.717) is 29.7 Å². The van der Waals surface area contributed by atoms with Gasteiger partial charge in [0.15, 0.2) is 11.5 Å². The van der Waals surface area contributed by atoms with E-state index in [0.717, 1.165) is 0 Å². The standard InChI is InChI=1S/C12H18N2O3/c1-8(2)7-17-10-5-4-9(14-12(13)15)6-11(10)16-3/h4-6,8H,7H2,1-3H3,(H3,13,14,15). The summed E-state index contributed by atoms with van der Waals surface area (Å²) in [5, 5.41) is 2.47. The van der Waals surface area contributed by atoms with Crippen molar-refractivity contribution in [2.75, 3.05) is 19.0 Å². The molecule has 0 aromatic heterocycles. The number of nitrogens with two attached hydrogens (primary N) is 1. The second kappa shape index (κ2) is 5.98. The fraction of sp³-hybridized carbons (Fsp3) is 0.417. The predicted octanol–water partition coefficient (Wildman–Crippen LogP) is 2.22. The first-order valence-electron chi connectivity index (χ1n) is 5.40. The van der Waals surface area contributed by atoms with Crippen LogP contribution in [0.1, 0.15) is 13.8 Å². The third kappa shape index (κ3) is 4.22. The summed E-state index contributed by atoms with van der Waals surface area (Å²) in [6, 6.07) is 4.51. The van der Waals surface area contributed by atoms with Crippen LogP contribution in [0.25, 0.3) is 0 Å². The van der Waals surface area contributed by atoms with Crippen molar-refractivity contribution < 1.29 is 14.3 Å². The van der Waals surface area contributed by atoms with E-state index in [4.69, 9.17) is 15.2 Å². The van der Waals surface area contributed by atoms with Crippen LogP contribution in [0.15, 0.2) is 18.2 Å². The molecule has 0 saturated heterocycles. The van der Waals surface area contributed by atoms with E-state index in [2.05, 4.69) is 19.2 Å². The molecule has 94 valence electrons. The fourth-order valence-electron chi connectivity index (χ4n) is 1.26. The van der Waals surface area contributed by atoms with Gasteiger partial charge in [0.2, 0.25) is 0 Å². The van der Waals surface area contributed by atoms with Crippen molar-refractivity contribution in [2.45, 2.75) is 13.8 Å². The van der Waals surface area contributed by atoms with Gasteiger partial charge < -0.3 is 20.5 Å². The Morgan fingerprint density at radius 3 is 2.65 bits per heavy atom. The molecule has 0 aliphatic heterocycles. The van der Waals surface area contributed by atoms with Crippen LogP contribution in [0.4, 0.5) is 10.5 Å². The molecular formula is C12H18N2O3. The third-order valence-corrected chi connectivity index (χ3v) is 2.00. The maximum Gasteiger partial charge on any atom is 0.316 e. The van der Waals surface area contributed by atoms with Gasteiger partial charge in [0.1, 0.15) is 0 Å². The first-order chi connectivity index (χ1) is 8.02. The number of carbonyl (C=O) groups excluding carboxylic acids is 1. The smallest absolute Gasteiger partial charge is 0.316 e. The summed E-state index contributed by atoms with van der Waals surface area (Å²) in [4.78, 5) is 10.7. The number of rotatable bonds is 5. The summed E-state index contributed by atoms with van der Waals surface area (Å²) in [7, 11) is 1.55. The molecular weight excluding hydrogens is 220 g/mol. The zero-order valence-electron chi connectivity index (χ0n) is 10.3. The lowest BCUT2D eigenvalue weighted by Gasteiger charge is -2.13. The van der Waals surface area contributed by atoms with Gasteiger partial charge in [0.05, 0.1) is 13.7 Å². The van der Waals surface area contributed by atoms with E-state index in [-0.39, 0.29) is 0 Å². The van der Waals surface area contributed by atoms with Crippen LogP contribution in [0.3, 0.4) is 0 Å². The van der Waals surface area contributed by atoms with Crippen LogP contribution in [0.5, 0.6) is 11.5 Å². The van der Waals surface area contributed by atoms with Crippen molar-refractivity contribution in [1.29, 1.82) is 0 Å². The first kappa shape index (κ1) is 13.2. The monoisotopic (exact) mass is 238 g/mol. The lowest BCUT2D eigenvalue weighted by atomic mass is 10.2. The van der Waals surface area contributed by atoms with Crippen molar-refractivity contribution >= 4 is 11.7 Å². The van der Waals surface area contributed by atoms with E-state index in [1.807, 2.05) is 0 Å². The molecule has 0 aliphatic rings. The van der Waals surface area contributed by atoms with Crippen molar-refractivity contribution in [1.82, 2.24) is 0 Å². The van der Waals surface area contributed by atoms with Gasteiger partial charge in [0, 0.05) is 11.8 Å². The number of amides is 2. The molecule has 0 radical (unpaired) electrons. The Morgan fingerprint density at radius 1 is 1.41 bits per heavy atom. The average Bonchev–Trinajstić information content (AvgIpc) is 2.26. The predicted molar refractivity (Wildman–Crippen MR) is 66.5 cm³/mol. The molecule has 3 N–H and O–H groups in total. The molecule has 1 rings (SSSR count). The number of urea groups is 1. The Morgan fingerprint density at radius 2 is 2.12 bits per heavy atom. The lowest BCUT2D eigenvalue weighted by molar-refractivity contribution is 0.256. The van der Waals surface area contributed by atoms with E-state index in [1.54, 1.807) is 25.3 Å². The Labute approximate surface area is 101 Å². The zero-order chi connectivity index (χ0) is 12.8. The van der Waals surface area contributed by atoms with Gasteiger partial charge in [-0.05, 0) is 18.1 Å². The minimum atomic E-state index is -0.608. The molecule has 1 aromatic carbocycles. The Balaban J connectivity index is 2.81. The minimum absolute atomic E-state index is 0.433. The molecule has 5 heteroatoms. The molecule has 0 saturated carbocycles. The molecule has 0 heterocycles.